The van der Waals surface area contributed by atoms with Crippen molar-refractivity contribution in [2.45, 2.75) is 19.4 Å². The Morgan fingerprint density at radius 3 is 2.48 bits per heavy atom. The van der Waals surface area contributed by atoms with Gasteiger partial charge in [0.05, 0.1) is 26.0 Å². The zero-order valence-electron chi connectivity index (χ0n) is 16.6. The molecule has 27 heavy (non-hydrogen) atoms. The SMILES string of the molecule is CCNC(=NCC(c1ccco1)N(C)C)NCCc1ccc(OC)cc1.I. The van der Waals surface area contributed by atoms with Crippen molar-refractivity contribution in [1.29, 1.82) is 0 Å². The average Bonchev–Trinajstić information content (AvgIpc) is 3.16. The number of halogens is 1. The van der Waals surface area contributed by atoms with Crippen LogP contribution in [0, 0.1) is 0 Å². The largest absolute Gasteiger partial charge is 0.497 e. The number of likely N-dealkylation sites (N-methyl/N-ethyl adjacent to an activating group) is 1. The monoisotopic (exact) mass is 486 g/mol. The Balaban J connectivity index is 0.00000364. The molecule has 2 aromatic rings. The standard InChI is InChI=1S/C20H30N4O2.HI/c1-5-21-20(22-13-12-16-8-10-17(25-4)11-9-16)23-15-18(24(2)3)19-7-6-14-26-19;/h6-11,14,18H,5,12-13,15H2,1-4H3,(H2,21,22,23);1H. The van der Waals surface area contributed by atoms with Crippen molar-refractivity contribution in [3.63, 3.8) is 0 Å². The van der Waals surface area contributed by atoms with Crippen molar-refractivity contribution in [2.75, 3.05) is 40.8 Å². The molecule has 0 saturated heterocycles. The number of nitrogens with zero attached hydrogens (tertiary/aromatic N) is 2. The zero-order valence-corrected chi connectivity index (χ0v) is 18.9. The number of hydrogen-bond acceptors (Lipinski definition) is 4. The Bertz CT molecular complexity index is 657. The van der Waals surface area contributed by atoms with Gasteiger partial charge in [-0.3, -0.25) is 9.89 Å². The fourth-order valence-electron chi connectivity index (χ4n) is 2.63. The Morgan fingerprint density at radius 2 is 1.93 bits per heavy atom. The summed E-state index contributed by atoms with van der Waals surface area (Å²) < 4.78 is 10.7. The van der Waals surface area contributed by atoms with Crippen molar-refractivity contribution in [1.82, 2.24) is 15.5 Å². The molecule has 1 atom stereocenters. The van der Waals surface area contributed by atoms with E-state index in [-0.39, 0.29) is 30.0 Å². The molecule has 0 aliphatic rings. The minimum absolute atomic E-state index is 0. The minimum Gasteiger partial charge on any atom is -0.497 e. The number of furan rings is 1. The van der Waals surface area contributed by atoms with Crippen molar-refractivity contribution < 1.29 is 9.15 Å². The van der Waals surface area contributed by atoms with Crippen LogP contribution in [-0.4, -0.2) is 51.7 Å². The molecule has 0 fully saturated rings. The number of ether oxygens (including phenoxy) is 1. The predicted molar refractivity (Wildman–Crippen MR) is 121 cm³/mol. The third-order valence-electron chi connectivity index (χ3n) is 4.13. The zero-order chi connectivity index (χ0) is 18.8. The molecule has 1 unspecified atom stereocenters. The van der Waals surface area contributed by atoms with Gasteiger partial charge in [0.2, 0.25) is 0 Å². The summed E-state index contributed by atoms with van der Waals surface area (Å²) in [7, 11) is 5.75. The number of aliphatic imine (C=N–C) groups is 1. The number of nitrogens with one attached hydrogen (secondary N) is 2. The molecule has 0 bridgehead atoms. The van der Waals surface area contributed by atoms with Crippen molar-refractivity contribution >= 4 is 29.9 Å². The van der Waals surface area contributed by atoms with E-state index in [0.717, 1.165) is 37.0 Å². The highest BCUT2D eigenvalue weighted by molar-refractivity contribution is 14.0. The highest BCUT2D eigenvalue weighted by atomic mass is 127. The maximum atomic E-state index is 5.55. The topological polar surface area (TPSA) is 62.0 Å². The molecule has 0 amide bonds. The lowest BCUT2D eigenvalue weighted by molar-refractivity contribution is 0.265. The van der Waals surface area contributed by atoms with Gasteiger partial charge in [0.25, 0.3) is 0 Å². The van der Waals surface area contributed by atoms with Crippen LogP contribution in [0.1, 0.15) is 24.3 Å². The van der Waals surface area contributed by atoms with Crippen LogP contribution < -0.4 is 15.4 Å². The Kier molecular flexibility index (Phi) is 10.9. The lowest BCUT2D eigenvalue weighted by Crippen LogP contribution is -2.39. The molecule has 1 heterocycles. The second-order valence-electron chi connectivity index (χ2n) is 6.24. The third-order valence-corrected chi connectivity index (χ3v) is 4.13. The first-order chi connectivity index (χ1) is 12.6. The van der Waals surface area contributed by atoms with Gasteiger partial charge in [-0.25, -0.2) is 0 Å². The molecular formula is C20H31IN4O2. The molecule has 150 valence electrons. The van der Waals surface area contributed by atoms with Gasteiger partial charge in [-0.15, -0.1) is 24.0 Å². The van der Waals surface area contributed by atoms with E-state index in [1.54, 1.807) is 13.4 Å². The number of hydrogen-bond donors (Lipinski definition) is 2. The minimum atomic E-state index is 0. The summed E-state index contributed by atoms with van der Waals surface area (Å²) in [5, 5.41) is 6.69. The van der Waals surface area contributed by atoms with E-state index in [2.05, 4.69) is 34.6 Å². The van der Waals surface area contributed by atoms with E-state index in [9.17, 15) is 0 Å². The highest BCUT2D eigenvalue weighted by Crippen LogP contribution is 2.18. The first-order valence-electron chi connectivity index (χ1n) is 8.99. The van der Waals surface area contributed by atoms with E-state index in [4.69, 9.17) is 14.1 Å². The molecule has 0 saturated carbocycles. The number of guanidine groups is 1. The summed E-state index contributed by atoms with van der Waals surface area (Å²) in [6.07, 6.45) is 2.62. The molecule has 0 radical (unpaired) electrons. The summed E-state index contributed by atoms with van der Waals surface area (Å²) in [6.45, 7) is 4.32. The van der Waals surface area contributed by atoms with Crippen LogP contribution in [0.25, 0.3) is 0 Å². The average molecular weight is 486 g/mol. The molecule has 2 rings (SSSR count). The summed E-state index contributed by atoms with van der Waals surface area (Å²) in [5.74, 6) is 2.62. The van der Waals surface area contributed by atoms with Gasteiger partial charge < -0.3 is 19.8 Å². The van der Waals surface area contributed by atoms with Crippen LogP contribution in [0.5, 0.6) is 5.75 Å². The Hall–Kier alpha value is -1.74. The van der Waals surface area contributed by atoms with Gasteiger partial charge in [0.15, 0.2) is 5.96 Å². The highest BCUT2D eigenvalue weighted by Gasteiger charge is 2.16. The van der Waals surface area contributed by atoms with E-state index < -0.39 is 0 Å². The normalized spacial score (nSPS) is 12.4. The van der Waals surface area contributed by atoms with Gasteiger partial charge in [0, 0.05) is 13.1 Å². The Labute approximate surface area is 179 Å². The van der Waals surface area contributed by atoms with Crippen LogP contribution in [0.4, 0.5) is 0 Å². The Morgan fingerprint density at radius 1 is 1.19 bits per heavy atom. The van der Waals surface area contributed by atoms with E-state index in [1.807, 2.05) is 38.4 Å². The number of benzene rings is 1. The van der Waals surface area contributed by atoms with Gasteiger partial charge in [-0.05, 0) is 57.3 Å². The van der Waals surface area contributed by atoms with Crippen molar-refractivity contribution in [3.05, 3.63) is 54.0 Å². The second-order valence-corrected chi connectivity index (χ2v) is 6.24. The summed E-state index contributed by atoms with van der Waals surface area (Å²) in [5.41, 5.74) is 1.26. The molecular weight excluding hydrogens is 455 g/mol. The number of methoxy groups -OCH3 is 1. The van der Waals surface area contributed by atoms with Gasteiger partial charge in [-0.2, -0.15) is 0 Å². The maximum absolute atomic E-state index is 5.55. The molecule has 0 aliphatic heterocycles. The summed E-state index contributed by atoms with van der Waals surface area (Å²) in [4.78, 5) is 6.84. The van der Waals surface area contributed by atoms with Gasteiger partial charge >= 0.3 is 0 Å². The maximum Gasteiger partial charge on any atom is 0.191 e. The fraction of sp³-hybridized carbons (Fsp3) is 0.450. The lowest BCUT2D eigenvalue weighted by atomic mass is 10.1. The van der Waals surface area contributed by atoms with Crippen LogP contribution in [0.3, 0.4) is 0 Å². The molecule has 1 aromatic carbocycles. The number of rotatable bonds is 9. The first-order valence-corrected chi connectivity index (χ1v) is 8.99. The van der Waals surface area contributed by atoms with E-state index >= 15 is 0 Å². The predicted octanol–water partition coefficient (Wildman–Crippen LogP) is 3.31. The van der Waals surface area contributed by atoms with Crippen LogP contribution in [0.2, 0.25) is 0 Å². The first kappa shape index (κ1) is 23.3. The third kappa shape index (κ3) is 7.80. The van der Waals surface area contributed by atoms with Gasteiger partial charge in [0.1, 0.15) is 11.5 Å². The molecule has 1 aromatic heterocycles. The molecule has 0 spiro atoms. The van der Waals surface area contributed by atoms with Crippen LogP contribution >= 0.6 is 24.0 Å². The van der Waals surface area contributed by atoms with E-state index in [0.29, 0.717) is 6.54 Å². The molecule has 2 N–H and O–H groups in total. The van der Waals surface area contributed by atoms with E-state index in [1.165, 1.54) is 5.56 Å². The molecule has 0 aliphatic carbocycles. The van der Waals surface area contributed by atoms with Crippen LogP contribution in [0.15, 0.2) is 52.1 Å². The van der Waals surface area contributed by atoms with Crippen LogP contribution in [-0.2, 0) is 6.42 Å². The summed E-state index contributed by atoms with van der Waals surface area (Å²) >= 11 is 0. The molecule has 6 nitrogen and oxygen atoms in total. The van der Waals surface area contributed by atoms with Gasteiger partial charge in [-0.1, -0.05) is 12.1 Å². The smallest absolute Gasteiger partial charge is 0.191 e. The fourth-order valence-corrected chi connectivity index (χ4v) is 2.63. The second kappa shape index (κ2) is 12.6. The van der Waals surface area contributed by atoms with Crippen molar-refractivity contribution in [3.8, 4) is 5.75 Å². The lowest BCUT2D eigenvalue weighted by Gasteiger charge is -2.21. The summed E-state index contributed by atoms with van der Waals surface area (Å²) in [6, 6.07) is 12.2. The van der Waals surface area contributed by atoms with Crippen molar-refractivity contribution in [2.24, 2.45) is 4.99 Å². The quantitative estimate of drug-likeness (QED) is 0.324. The molecule has 7 heteroatoms.